The molecule has 0 spiro atoms. The number of hydrogen-bond acceptors (Lipinski definition) is 2. The van der Waals surface area contributed by atoms with Crippen molar-refractivity contribution in [2.24, 2.45) is 0 Å². The number of anilines is 3. The van der Waals surface area contributed by atoms with Crippen LogP contribution in [-0.4, -0.2) is 0 Å². The van der Waals surface area contributed by atoms with Gasteiger partial charge in [0.2, 0.25) is 0 Å². The number of furan rings is 1. The van der Waals surface area contributed by atoms with E-state index in [4.69, 9.17) is 4.42 Å². The average molecular weight is 736 g/mol. The lowest BCUT2D eigenvalue weighted by Gasteiger charge is -2.33. The van der Waals surface area contributed by atoms with E-state index in [0.717, 1.165) is 44.4 Å². The normalized spacial score (nSPS) is 14.9. The smallest absolute Gasteiger partial charge is 0.136 e. The van der Waals surface area contributed by atoms with Crippen LogP contribution in [0, 0.1) is 0 Å². The van der Waals surface area contributed by atoms with Gasteiger partial charge in [0.25, 0.3) is 0 Å². The molecule has 11 rings (SSSR count). The van der Waals surface area contributed by atoms with Crippen molar-refractivity contribution in [1.29, 1.82) is 0 Å². The van der Waals surface area contributed by atoms with Gasteiger partial charge in [0.15, 0.2) is 0 Å². The standard InChI is InChI=1S/C55H45NO/c1-55(2)49-23-13-11-21-44(49)48-35-41(28-31-50(48)55)56(51-32-27-39(36-15-5-3-6-16-36)33-47(51)37-17-7-4-8-18-37)54-42-20-10-9-19-38(42)25-29-43(54)40-26-30-46-45-22-12-14-24-52(45)57-53(46)34-40/h4,7-14,17-36H,3,5-6,15-16H2,1-2H3. The van der Waals surface area contributed by atoms with E-state index in [2.05, 4.69) is 183 Å². The lowest BCUT2D eigenvalue weighted by molar-refractivity contribution is 0.444. The molecular weight excluding hydrogens is 691 g/mol. The van der Waals surface area contributed by atoms with Crippen LogP contribution in [0.3, 0.4) is 0 Å². The van der Waals surface area contributed by atoms with Gasteiger partial charge in [-0.3, -0.25) is 0 Å². The summed E-state index contributed by atoms with van der Waals surface area (Å²) in [6.07, 6.45) is 6.47. The molecule has 57 heavy (non-hydrogen) atoms. The molecule has 9 aromatic rings. The van der Waals surface area contributed by atoms with Gasteiger partial charge in [-0.2, -0.15) is 0 Å². The molecule has 0 radical (unpaired) electrons. The van der Waals surface area contributed by atoms with Crippen LogP contribution < -0.4 is 4.90 Å². The molecule has 2 aliphatic carbocycles. The molecule has 0 saturated heterocycles. The van der Waals surface area contributed by atoms with E-state index < -0.39 is 0 Å². The highest BCUT2D eigenvalue weighted by Gasteiger charge is 2.36. The summed E-state index contributed by atoms with van der Waals surface area (Å²) >= 11 is 0. The number of benzene rings is 8. The maximum absolute atomic E-state index is 6.51. The minimum atomic E-state index is -0.0846. The Labute approximate surface area is 335 Å². The van der Waals surface area contributed by atoms with Crippen LogP contribution >= 0.6 is 0 Å². The first-order valence-electron chi connectivity index (χ1n) is 20.7. The molecule has 1 heterocycles. The summed E-state index contributed by atoms with van der Waals surface area (Å²) in [5, 5.41) is 4.69. The molecule has 0 atom stereocenters. The predicted molar refractivity (Wildman–Crippen MR) is 240 cm³/mol. The first-order valence-corrected chi connectivity index (χ1v) is 20.7. The third kappa shape index (κ3) is 5.53. The Bertz CT molecular complexity index is 2980. The summed E-state index contributed by atoms with van der Waals surface area (Å²) in [4.78, 5) is 2.57. The van der Waals surface area contributed by atoms with E-state index >= 15 is 0 Å². The van der Waals surface area contributed by atoms with Crippen LogP contribution in [0.5, 0.6) is 0 Å². The summed E-state index contributed by atoms with van der Waals surface area (Å²) in [5.41, 5.74) is 16.8. The van der Waals surface area contributed by atoms with Gasteiger partial charge in [0, 0.05) is 38.4 Å². The van der Waals surface area contributed by atoms with Crippen LogP contribution in [-0.2, 0) is 5.41 Å². The van der Waals surface area contributed by atoms with Gasteiger partial charge in [0.05, 0.1) is 11.4 Å². The quantitative estimate of drug-likeness (QED) is 0.169. The highest BCUT2D eigenvalue weighted by atomic mass is 16.3. The van der Waals surface area contributed by atoms with Crippen molar-refractivity contribution in [3.8, 4) is 33.4 Å². The molecule has 1 saturated carbocycles. The van der Waals surface area contributed by atoms with Gasteiger partial charge in [-0.15, -0.1) is 0 Å². The van der Waals surface area contributed by atoms with Crippen LogP contribution in [0.2, 0.25) is 0 Å². The van der Waals surface area contributed by atoms with Gasteiger partial charge in [0.1, 0.15) is 11.2 Å². The van der Waals surface area contributed by atoms with Crippen molar-refractivity contribution >= 4 is 49.8 Å². The van der Waals surface area contributed by atoms with Crippen molar-refractivity contribution in [2.45, 2.75) is 57.3 Å². The molecule has 1 aromatic heterocycles. The minimum Gasteiger partial charge on any atom is -0.456 e. The molecule has 1 fully saturated rings. The fraction of sp³-hybridized carbons (Fsp3) is 0.164. The van der Waals surface area contributed by atoms with Crippen LogP contribution in [0.4, 0.5) is 17.1 Å². The van der Waals surface area contributed by atoms with Crippen molar-refractivity contribution in [1.82, 2.24) is 0 Å². The molecule has 0 amide bonds. The number of fused-ring (bicyclic) bond motifs is 7. The topological polar surface area (TPSA) is 16.4 Å². The van der Waals surface area contributed by atoms with E-state index in [1.165, 1.54) is 87.5 Å². The van der Waals surface area contributed by atoms with Gasteiger partial charge in [-0.25, -0.2) is 0 Å². The molecule has 0 aliphatic heterocycles. The van der Waals surface area contributed by atoms with E-state index in [9.17, 15) is 0 Å². The van der Waals surface area contributed by atoms with Gasteiger partial charge < -0.3 is 9.32 Å². The number of para-hydroxylation sites is 1. The van der Waals surface area contributed by atoms with Crippen molar-refractivity contribution in [2.75, 3.05) is 4.90 Å². The molecule has 8 aromatic carbocycles. The van der Waals surface area contributed by atoms with Crippen molar-refractivity contribution < 1.29 is 4.42 Å². The minimum absolute atomic E-state index is 0.0846. The molecule has 2 heteroatoms. The number of nitrogens with zero attached hydrogens (tertiary/aromatic N) is 1. The second-order valence-electron chi connectivity index (χ2n) is 16.7. The zero-order valence-electron chi connectivity index (χ0n) is 32.6. The highest BCUT2D eigenvalue weighted by molar-refractivity contribution is 6.10. The van der Waals surface area contributed by atoms with E-state index in [0.29, 0.717) is 5.92 Å². The Morgan fingerprint density at radius 2 is 1.23 bits per heavy atom. The third-order valence-electron chi connectivity index (χ3n) is 13.1. The number of rotatable bonds is 6. The summed E-state index contributed by atoms with van der Waals surface area (Å²) in [6.45, 7) is 4.73. The molecular formula is C55H45NO. The zero-order valence-corrected chi connectivity index (χ0v) is 32.6. The zero-order chi connectivity index (χ0) is 38.1. The summed E-state index contributed by atoms with van der Waals surface area (Å²) < 4.78 is 6.51. The summed E-state index contributed by atoms with van der Waals surface area (Å²) in [7, 11) is 0. The Kier molecular flexibility index (Phi) is 7.96. The van der Waals surface area contributed by atoms with Crippen LogP contribution in [0.15, 0.2) is 174 Å². The van der Waals surface area contributed by atoms with Gasteiger partial charge >= 0.3 is 0 Å². The maximum atomic E-state index is 6.51. The molecule has 2 aliphatic rings. The third-order valence-corrected chi connectivity index (χ3v) is 13.1. The second-order valence-corrected chi connectivity index (χ2v) is 16.7. The average Bonchev–Trinajstić information content (AvgIpc) is 3.75. The Hall–Kier alpha value is -6.38. The van der Waals surface area contributed by atoms with E-state index in [-0.39, 0.29) is 5.41 Å². The van der Waals surface area contributed by atoms with E-state index in [1.807, 2.05) is 6.07 Å². The maximum Gasteiger partial charge on any atom is 0.136 e. The Morgan fingerprint density at radius 1 is 0.491 bits per heavy atom. The summed E-state index contributed by atoms with van der Waals surface area (Å²) in [6, 6.07) is 63.2. The lowest BCUT2D eigenvalue weighted by Crippen LogP contribution is -2.16. The van der Waals surface area contributed by atoms with Crippen molar-refractivity contribution in [3.63, 3.8) is 0 Å². The molecule has 276 valence electrons. The SMILES string of the molecule is CC1(C)c2ccccc2-c2cc(N(c3ccc(C4CCCCC4)cc3-c3ccccc3)c3c(-c4ccc5c(c4)oc4ccccc45)ccc4ccccc34)ccc21. The molecule has 0 unspecified atom stereocenters. The van der Waals surface area contributed by atoms with Crippen LogP contribution in [0.1, 0.15) is 68.6 Å². The summed E-state index contributed by atoms with van der Waals surface area (Å²) in [5.74, 6) is 0.589. The van der Waals surface area contributed by atoms with Crippen molar-refractivity contribution in [3.05, 3.63) is 187 Å². The first-order chi connectivity index (χ1) is 28.0. The fourth-order valence-corrected chi connectivity index (χ4v) is 10.1. The van der Waals surface area contributed by atoms with Gasteiger partial charge in [-0.1, -0.05) is 161 Å². The van der Waals surface area contributed by atoms with E-state index in [1.54, 1.807) is 0 Å². The predicted octanol–water partition coefficient (Wildman–Crippen LogP) is 15.9. The fourth-order valence-electron chi connectivity index (χ4n) is 10.1. The molecule has 2 nitrogen and oxygen atoms in total. The lowest BCUT2D eigenvalue weighted by atomic mass is 9.82. The highest BCUT2D eigenvalue weighted by Crippen LogP contribution is 2.53. The molecule has 0 bridgehead atoms. The Morgan fingerprint density at radius 3 is 2.11 bits per heavy atom. The molecule has 0 N–H and O–H groups in total. The van der Waals surface area contributed by atoms with Gasteiger partial charge in [-0.05, 0) is 106 Å². The van der Waals surface area contributed by atoms with Crippen LogP contribution in [0.25, 0.3) is 66.1 Å². The second kappa shape index (κ2) is 13.4. The Balaban J connectivity index is 1.22. The number of hydrogen-bond donors (Lipinski definition) is 0. The largest absolute Gasteiger partial charge is 0.456 e. The first kappa shape index (κ1) is 33.9. The monoisotopic (exact) mass is 735 g/mol.